The van der Waals surface area contributed by atoms with Crippen molar-refractivity contribution < 1.29 is 9.53 Å². The van der Waals surface area contributed by atoms with Gasteiger partial charge in [0.05, 0.1) is 11.7 Å². The number of pyridine rings is 1. The lowest BCUT2D eigenvalue weighted by molar-refractivity contribution is 0.111. The highest BCUT2D eigenvalue weighted by molar-refractivity contribution is 14.1. The molecule has 1 aliphatic rings. The van der Waals surface area contributed by atoms with Crippen molar-refractivity contribution in [2.45, 2.75) is 18.9 Å². The number of carbonyl (C=O) groups is 1. The summed E-state index contributed by atoms with van der Waals surface area (Å²) in [6, 6.07) is 1.67. The third-order valence-electron chi connectivity index (χ3n) is 1.83. The number of hydrogen-bond acceptors (Lipinski definition) is 3. The molecule has 0 amide bonds. The van der Waals surface area contributed by atoms with E-state index < -0.39 is 0 Å². The zero-order valence-corrected chi connectivity index (χ0v) is 9.02. The summed E-state index contributed by atoms with van der Waals surface area (Å²) < 4.78 is 6.34. The van der Waals surface area contributed by atoms with Gasteiger partial charge in [0.25, 0.3) is 0 Å². The molecule has 0 N–H and O–H groups in total. The first-order valence-corrected chi connectivity index (χ1v) is 5.15. The molecule has 1 heterocycles. The van der Waals surface area contributed by atoms with E-state index in [1.54, 1.807) is 12.3 Å². The number of aromatic nitrogens is 1. The van der Waals surface area contributed by atoms with Crippen LogP contribution in [0.1, 0.15) is 23.2 Å². The molecule has 0 radical (unpaired) electrons. The number of rotatable bonds is 3. The largest absolute Gasteiger partial charge is 0.487 e. The molecule has 0 unspecified atom stereocenters. The summed E-state index contributed by atoms with van der Waals surface area (Å²) in [5, 5.41) is 0. The Balaban J connectivity index is 2.32. The number of hydrogen-bond donors (Lipinski definition) is 0. The minimum Gasteiger partial charge on any atom is -0.487 e. The van der Waals surface area contributed by atoms with Crippen LogP contribution in [-0.2, 0) is 0 Å². The normalized spacial score (nSPS) is 15.5. The SMILES string of the molecule is O=Cc1ccnc(I)c1OC1CC1. The van der Waals surface area contributed by atoms with Crippen LogP contribution >= 0.6 is 22.6 Å². The maximum absolute atomic E-state index is 10.7. The maximum atomic E-state index is 10.7. The van der Waals surface area contributed by atoms with Gasteiger partial charge in [-0.05, 0) is 41.5 Å². The van der Waals surface area contributed by atoms with E-state index in [9.17, 15) is 4.79 Å². The second-order valence-corrected chi connectivity index (χ2v) is 3.98. The van der Waals surface area contributed by atoms with E-state index >= 15 is 0 Å². The van der Waals surface area contributed by atoms with Gasteiger partial charge in [-0.25, -0.2) is 4.98 Å². The highest BCUT2D eigenvalue weighted by Crippen LogP contribution is 2.30. The molecular weight excluding hydrogens is 281 g/mol. The van der Waals surface area contributed by atoms with Crippen molar-refractivity contribution in [3.63, 3.8) is 0 Å². The van der Waals surface area contributed by atoms with Crippen molar-refractivity contribution in [1.82, 2.24) is 4.98 Å². The van der Waals surface area contributed by atoms with Crippen LogP contribution in [0.25, 0.3) is 0 Å². The fourth-order valence-electron chi connectivity index (χ4n) is 0.998. The number of halogens is 1. The van der Waals surface area contributed by atoms with Gasteiger partial charge in [-0.3, -0.25) is 4.79 Å². The molecule has 1 fully saturated rings. The van der Waals surface area contributed by atoms with E-state index in [2.05, 4.69) is 27.6 Å². The van der Waals surface area contributed by atoms with Crippen LogP contribution in [0.15, 0.2) is 12.3 Å². The molecule has 4 heteroatoms. The van der Waals surface area contributed by atoms with Crippen molar-refractivity contribution in [1.29, 1.82) is 0 Å². The Hall–Kier alpha value is -0.650. The Labute approximate surface area is 89.6 Å². The Kier molecular flexibility index (Phi) is 2.48. The van der Waals surface area contributed by atoms with Crippen molar-refractivity contribution in [3.8, 4) is 5.75 Å². The molecular formula is C9H8INO2. The van der Waals surface area contributed by atoms with Crippen molar-refractivity contribution in [3.05, 3.63) is 21.5 Å². The van der Waals surface area contributed by atoms with Crippen molar-refractivity contribution >= 4 is 28.9 Å². The topological polar surface area (TPSA) is 39.2 Å². The standard InChI is InChI=1S/C9H8INO2/c10-9-8(13-7-1-2-7)6(5-12)3-4-11-9/h3-5,7H,1-2H2. The molecule has 68 valence electrons. The Morgan fingerprint density at radius 1 is 1.62 bits per heavy atom. The van der Waals surface area contributed by atoms with Crippen LogP contribution in [0, 0.1) is 3.70 Å². The third kappa shape index (κ3) is 1.99. The van der Waals surface area contributed by atoms with Crippen molar-refractivity contribution in [2.24, 2.45) is 0 Å². The highest BCUT2D eigenvalue weighted by Gasteiger charge is 2.25. The number of carbonyl (C=O) groups excluding carboxylic acids is 1. The molecule has 1 aromatic heterocycles. The Morgan fingerprint density at radius 3 is 3.00 bits per heavy atom. The average Bonchev–Trinajstić information content (AvgIpc) is 2.92. The first kappa shape index (κ1) is 8.93. The summed E-state index contributed by atoms with van der Waals surface area (Å²) in [6.07, 6.45) is 4.90. The fourth-order valence-corrected chi connectivity index (χ4v) is 1.60. The average molecular weight is 289 g/mol. The van der Waals surface area contributed by atoms with E-state index in [4.69, 9.17) is 4.74 Å². The quantitative estimate of drug-likeness (QED) is 0.485. The molecule has 0 atom stereocenters. The molecule has 0 bridgehead atoms. The van der Waals surface area contributed by atoms with Gasteiger partial charge in [0.1, 0.15) is 3.70 Å². The molecule has 0 aliphatic heterocycles. The van der Waals surface area contributed by atoms with E-state index in [0.29, 0.717) is 17.4 Å². The molecule has 1 saturated carbocycles. The van der Waals surface area contributed by atoms with Gasteiger partial charge < -0.3 is 4.74 Å². The van der Waals surface area contributed by atoms with E-state index in [1.165, 1.54) is 0 Å². The van der Waals surface area contributed by atoms with Gasteiger partial charge in [-0.2, -0.15) is 0 Å². The maximum Gasteiger partial charge on any atom is 0.162 e. The van der Waals surface area contributed by atoms with Gasteiger partial charge in [0, 0.05) is 6.20 Å². The lowest BCUT2D eigenvalue weighted by Crippen LogP contribution is -2.02. The van der Waals surface area contributed by atoms with Gasteiger partial charge in [-0.15, -0.1) is 0 Å². The number of aldehydes is 1. The smallest absolute Gasteiger partial charge is 0.162 e. The number of ether oxygens (including phenoxy) is 1. The second kappa shape index (κ2) is 3.61. The van der Waals surface area contributed by atoms with Crippen LogP contribution in [0.5, 0.6) is 5.75 Å². The van der Waals surface area contributed by atoms with E-state index in [0.717, 1.165) is 22.8 Å². The predicted octanol–water partition coefficient (Wildman–Crippen LogP) is 2.04. The summed E-state index contributed by atoms with van der Waals surface area (Å²) in [5.41, 5.74) is 0.589. The monoisotopic (exact) mass is 289 g/mol. The van der Waals surface area contributed by atoms with Gasteiger partial charge in [0.2, 0.25) is 0 Å². The minimum absolute atomic E-state index is 0.302. The molecule has 1 aliphatic carbocycles. The lowest BCUT2D eigenvalue weighted by Gasteiger charge is -2.07. The minimum atomic E-state index is 0.302. The molecule has 3 nitrogen and oxygen atoms in total. The van der Waals surface area contributed by atoms with E-state index in [-0.39, 0.29) is 0 Å². The van der Waals surface area contributed by atoms with Crippen LogP contribution < -0.4 is 4.74 Å². The van der Waals surface area contributed by atoms with Crippen LogP contribution in [0.4, 0.5) is 0 Å². The molecule has 1 aromatic rings. The van der Waals surface area contributed by atoms with Crippen molar-refractivity contribution in [2.75, 3.05) is 0 Å². The first-order chi connectivity index (χ1) is 6.31. The van der Waals surface area contributed by atoms with Crippen LogP contribution in [0.2, 0.25) is 0 Å². The van der Waals surface area contributed by atoms with Gasteiger partial charge in [-0.1, -0.05) is 0 Å². The fraction of sp³-hybridized carbons (Fsp3) is 0.333. The summed E-state index contributed by atoms with van der Waals surface area (Å²) >= 11 is 2.08. The van der Waals surface area contributed by atoms with Gasteiger partial charge >= 0.3 is 0 Å². The van der Waals surface area contributed by atoms with Crippen LogP contribution in [-0.4, -0.2) is 17.4 Å². The Bertz CT molecular complexity index is 336. The zero-order chi connectivity index (χ0) is 9.26. The highest BCUT2D eigenvalue weighted by atomic mass is 127. The molecule has 13 heavy (non-hydrogen) atoms. The van der Waals surface area contributed by atoms with Gasteiger partial charge in [0.15, 0.2) is 12.0 Å². The summed E-state index contributed by atoms with van der Waals surface area (Å²) in [7, 11) is 0. The lowest BCUT2D eigenvalue weighted by atomic mass is 10.3. The third-order valence-corrected chi connectivity index (χ3v) is 2.60. The molecule has 0 saturated heterocycles. The summed E-state index contributed by atoms with van der Waals surface area (Å²) in [6.45, 7) is 0. The predicted molar refractivity (Wildman–Crippen MR) is 56.0 cm³/mol. The van der Waals surface area contributed by atoms with E-state index in [1.807, 2.05) is 0 Å². The molecule has 0 spiro atoms. The number of nitrogens with zero attached hydrogens (tertiary/aromatic N) is 1. The second-order valence-electron chi connectivity index (χ2n) is 2.96. The zero-order valence-electron chi connectivity index (χ0n) is 6.87. The first-order valence-electron chi connectivity index (χ1n) is 4.07. The van der Waals surface area contributed by atoms with Crippen LogP contribution in [0.3, 0.4) is 0 Å². The summed E-state index contributed by atoms with van der Waals surface area (Å²) in [5.74, 6) is 0.639. The summed E-state index contributed by atoms with van der Waals surface area (Å²) in [4.78, 5) is 14.7. The molecule has 0 aromatic carbocycles. The molecule has 2 rings (SSSR count). The Morgan fingerprint density at radius 2 is 2.38 bits per heavy atom.